The maximum absolute atomic E-state index is 13.5. The van der Waals surface area contributed by atoms with Crippen molar-refractivity contribution < 1.29 is 37.7 Å². The lowest BCUT2D eigenvalue weighted by atomic mass is 10.2. The molecule has 9 nitrogen and oxygen atoms in total. The first-order valence-corrected chi connectivity index (χ1v) is 10.4. The van der Waals surface area contributed by atoms with E-state index in [1.54, 1.807) is 13.8 Å². The highest BCUT2D eigenvalue weighted by Crippen LogP contribution is 1.94. The number of hydrogen-bond acceptors (Lipinski definition) is 7. The molecule has 0 heterocycles. The molecule has 0 aliphatic rings. The summed E-state index contributed by atoms with van der Waals surface area (Å²) in [5.41, 5.74) is 0. The highest BCUT2D eigenvalue weighted by atomic mass is 19.1. The maximum atomic E-state index is 13.5. The molecule has 0 aliphatic carbocycles. The smallest absolute Gasteiger partial charge is 0.246 e. The van der Waals surface area contributed by atoms with Gasteiger partial charge in [-0.3, -0.25) is 9.59 Å². The van der Waals surface area contributed by atoms with Crippen molar-refractivity contribution >= 4 is 11.8 Å². The summed E-state index contributed by atoms with van der Waals surface area (Å²) in [4.78, 5) is 22.7. The van der Waals surface area contributed by atoms with Gasteiger partial charge in [0.05, 0.1) is 65.5 Å². The molecule has 0 aromatic rings. The highest BCUT2D eigenvalue weighted by Gasteiger charge is 2.11. The van der Waals surface area contributed by atoms with E-state index in [0.717, 1.165) is 0 Å². The van der Waals surface area contributed by atoms with Crippen LogP contribution in [0.2, 0.25) is 0 Å². The number of carbonyl (C=O) groups is 2. The quantitative estimate of drug-likeness (QED) is 0.270. The third kappa shape index (κ3) is 20.0. The summed E-state index contributed by atoms with van der Waals surface area (Å²) >= 11 is 0. The minimum Gasteiger partial charge on any atom is -0.377 e. The Balaban J connectivity index is 3.26. The van der Waals surface area contributed by atoms with Crippen LogP contribution in [0.3, 0.4) is 0 Å². The fraction of sp³-hybridized carbons (Fsp3) is 0.900. The SMILES string of the molecule is CC(C)OCC(=O)NCCOCCOCCOCCOCC(F)CNC(=O)C(C)C. The molecule has 178 valence electrons. The Labute approximate surface area is 179 Å². The second kappa shape index (κ2) is 19.6. The first-order chi connectivity index (χ1) is 14.3. The largest absolute Gasteiger partial charge is 0.377 e. The monoisotopic (exact) mass is 438 g/mol. The molecule has 0 spiro atoms. The molecule has 0 fully saturated rings. The molecule has 0 aromatic heterocycles. The number of rotatable bonds is 20. The second-order valence-electron chi connectivity index (χ2n) is 7.12. The topological polar surface area (TPSA) is 104 Å². The zero-order valence-corrected chi connectivity index (χ0v) is 18.7. The second-order valence-corrected chi connectivity index (χ2v) is 7.12. The summed E-state index contributed by atoms with van der Waals surface area (Å²) in [6.45, 7) is 10.3. The van der Waals surface area contributed by atoms with Crippen LogP contribution in [0.1, 0.15) is 27.7 Å². The molecule has 2 N–H and O–H groups in total. The van der Waals surface area contributed by atoms with Gasteiger partial charge in [-0.25, -0.2) is 4.39 Å². The Morgan fingerprint density at radius 1 is 0.800 bits per heavy atom. The molecule has 0 radical (unpaired) electrons. The molecule has 0 rings (SSSR count). The fourth-order valence-corrected chi connectivity index (χ4v) is 1.90. The standard InChI is InChI=1S/C20H39FN2O7/c1-16(2)20(25)23-13-18(21)14-29-12-11-28-10-9-27-8-7-26-6-5-22-19(24)15-30-17(3)4/h16-18H,5-15H2,1-4H3,(H,22,24)(H,23,25). The lowest BCUT2D eigenvalue weighted by Crippen LogP contribution is -2.35. The molecule has 0 saturated heterocycles. The number of nitrogens with one attached hydrogen (secondary N) is 2. The van der Waals surface area contributed by atoms with Crippen molar-refractivity contribution in [3.8, 4) is 0 Å². The van der Waals surface area contributed by atoms with Gasteiger partial charge in [0.2, 0.25) is 11.8 Å². The molecule has 0 aliphatic heterocycles. The molecular formula is C20H39FN2O7. The van der Waals surface area contributed by atoms with E-state index < -0.39 is 6.17 Å². The third-order valence-corrected chi connectivity index (χ3v) is 3.55. The Morgan fingerprint density at radius 3 is 1.87 bits per heavy atom. The lowest BCUT2D eigenvalue weighted by Gasteiger charge is -2.12. The number of ether oxygens (including phenoxy) is 5. The van der Waals surface area contributed by atoms with Gasteiger partial charge in [0, 0.05) is 12.5 Å². The summed E-state index contributed by atoms with van der Waals surface area (Å²) in [5.74, 6) is -0.502. The van der Waals surface area contributed by atoms with Crippen molar-refractivity contribution in [2.24, 2.45) is 5.92 Å². The minimum absolute atomic E-state index is 0.0261. The number of halogens is 1. The van der Waals surface area contributed by atoms with Gasteiger partial charge in [0.25, 0.3) is 0 Å². The summed E-state index contributed by atoms with van der Waals surface area (Å²) in [7, 11) is 0. The molecule has 30 heavy (non-hydrogen) atoms. The van der Waals surface area contributed by atoms with E-state index in [2.05, 4.69) is 10.6 Å². The summed E-state index contributed by atoms with van der Waals surface area (Å²) in [6.07, 6.45) is -1.21. The van der Waals surface area contributed by atoms with Gasteiger partial charge in [0.15, 0.2) is 0 Å². The Hall–Kier alpha value is -1.33. The van der Waals surface area contributed by atoms with Crippen LogP contribution in [0.4, 0.5) is 4.39 Å². The van der Waals surface area contributed by atoms with E-state index in [1.807, 2.05) is 13.8 Å². The molecule has 2 amide bonds. The van der Waals surface area contributed by atoms with E-state index >= 15 is 0 Å². The molecule has 0 saturated carbocycles. The average Bonchev–Trinajstić information content (AvgIpc) is 2.70. The van der Waals surface area contributed by atoms with Gasteiger partial charge in [0.1, 0.15) is 12.8 Å². The maximum Gasteiger partial charge on any atom is 0.246 e. The molecule has 0 bridgehead atoms. The predicted octanol–water partition coefficient (Wildman–Crippen LogP) is 0.704. The van der Waals surface area contributed by atoms with E-state index in [-0.39, 0.29) is 50.2 Å². The first-order valence-electron chi connectivity index (χ1n) is 10.4. The van der Waals surface area contributed by atoms with Crippen LogP contribution in [0.25, 0.3) is 0 Å². The van der Waals surface area contributed by atoms with E-state index in [4.69, 9.17) is 23.7 Å². The first kappa shape index (κ1) is 28.7. The van der Waals surface area contributed by atoms with E-state index in [0.29, 0.717) is 46.2 Å². The average molecular weight is 439 g/mol. The van der Waals surface area contributed by atoms with Gasteiger partial charge in [-0.05, 0) is 13.8 Å². The Morgan fingerprint density at radius 2 is 1.33 bits per heavy atom. The molecule has 10 heteroatoms. The van der Waals surface area contributed by atoms with Crippen LogP contribution in [0.5, 0.6) is 0 Å². The van der Waals surface area contributed by atoms with E-state index in [9.17, 15) is 14.0 Å². The summed E-state index contributed by atoms with van der Waals surface area (Å²) in [6, 6.07) is 0. The van der Waals surface area contributed by atoms with Crippen LogP contribution in [0.15, 0.2) is 0 Å². The van der Waals surface area contributed by atoms with Crippen molar-refractivity contribution in [1.29, 1.82) is 0 Å². The van der Waals surface area contributed by atoms with Crippen LogP contribution < -0.4 is 10.6 Å². The van der Waals surface area contributed by atoms with Crippen molar-refractivity contribution in [3.63, 3.8) is 0 Å². The summed E-state index contributed by atoms with van der Waals surface area (Å²) < 4.78 is 39.9. The number of hydrogen-bond donors (Lipinski definition) is 2. The summed E-state index contributed by atoms with van der Waals surface area (Å²) in [5, 5.41) is 5.21. The Bertz CT molecular complexity index is 439. The normalized spacial score (nSPS) is 12.4. The lowest BCUT2D eigenvalue weighted by molar-refractivity contribution is -0.127. The minimum atomic E-state index is -1.24. The number of amides is 2. The molecule has 1 atom stereocenters. The van der Waals surface area contributed by atoms with Gasteiger partial charge in [-0.1, -0.05) is 13.8 Å². The van der Waals surface area contributed by atoms with Crippen LogP contribution in [-0.2, 0) is 33.3 Å². The molecular weight excluding hydrogens is 399 g/mol. The zero-order valence-electron chi connectivity index (χ0n) is 18.7. The van der Waals surface area contributed by atoms with E-state index in [1.165, 1.54) is 0 Å². The van der Waals surface area contributed by atoms with Crippen LogP contribution in [-0.4, -0.2) is 96.6 Å². The molecule has 0 aromatic carbocycles. The highest BCUT2D eigenvalue weighted by molar-refractivity contribution is 5.77. The predicted molar refractivity (Wildman–Crippen MR) is 110 cm³/mol. The molecule has 1 unspecified atom stereocenters. The van der Waals surface area contributed by atoms with Gasteiger partial charge in [-0.2, -0.15) is 0 Å². The Kier molecular flexibility index (Phi) is 18.8. The van der Waals surface area contributed by atoms with Gasteiger partial charge >= 0.3 is 0 Å². The van der Waals surface area contributed by atoms with Crippen LogP contribution >= 0.6 is 0 Å². The van der Waals surface area contributed by atoms with Gasteiger partial charge in [-0.15, -0.1) is 0 Å². The fourth-order valence-electron chi connectivity index (χ4n) is 1.90. The number of alkyl halides is 1. The van der Waals surface area contributed by atoms with Crippen molar-refractivity contribution in [3.05, 3.63) is 0 Å². The van der Waals surface area contributed by atoms with Crippen LogP contribution in [0, 0.1) is 5.92 Å². The van der Waals surface area contributed by atoms with Crippen molar-refractivity contribution in [2.75, 3.05) is 72.6 Å². The van der Waals surface area contributed by atoms with Crippen molar-refractivity contribution in [1.82, 2.24) is 10.6 Å². The zero-order chi connectivity index (χ0) is 22.6. The number of carbonyl (C=O) groups excluding carboxylic acids is 2. The third-order valence-electron chi connectivity index (χ3n) is 3.55. The van der Waals surface area contributed by atoms with Gasteiger partial charge < -0.3 is 34.3 Å². The van der Waals surface area contributed by atoms with Crippen molar-refractivity contribution in [2.45, 2.75) is 40.0 Å².